The van der Waals surface area contributed by atoms with Crippen LogP contribution in [0.4, 0.5) is 8.78 Å². The molecule has 0 aromatic heterocycles. The van der Waals surface area contributed by atoms with Gasteiger partial charge < -0.3 is 0 Å². The Labute approximate surface area is 90.6 Å². The molecular weight excluding hydrogens is 194 g/mol. The molecule has 0 unspecified atom stereocenters. The van der Waals surface area contributed by atoms with Crippen LogP contribution in [0.15, 0.2) is 24.8 Å². The van der Waals surface area contributed by atoms with Crippen molar-refractivity contribution in [3.05, 3.63) is 42.0 Å². The van der Waals surface area contributed by atoms with Crippen molar-refractivity contribution in [2.24, 2.45) is 0 Å². The van der Waals surface area contributed by atoms with Crippen LogP contribution in [0, 0.1) is 11.6 Å². The molecule has 1 aromatic carbocycles. The number of halogens is 2. The fourth-order valence-electron chi connectivity index (χ4n) is 0.967. The highest BCUT2D eigenvalue weighted by molar-refractivity contribution is 5.63. The zero-order chi connectivity index (χ0) is 11.8. The van der Waals surface area contributed by atoms with Crippen molar-refractivity contribution in [3.63, 3.8) is 0 Å². The molecule has 0 saturated heterocycles. The molecular formula is C13H18F2. The summed E-state index contributed by atoms with van der Waals surface area (Å²) in [6.45, 7) is 9.80. The van der Waals surface area contributed by atoms with Crippen LogP contribution < -0.4 is 0 Å². The van der Waals surface area contributed by atoms with Crippen molar-refractivity contribution in [2.45, 2.75) is 33.6 Å². The van der Waals surface area contributed by atoms with Crippen molar-refractivity contribution < 1.29 is 8.78 Å². The Morgan fingerprint density at radius 2 is 1.73 bits per heavy atom. The molecule has 15 heavy (non-hydrogen) atoms. The van der Waals surface area contributed by atoms with Gasteiger partial charge in [-0.25, -0.2) is 8.78 Å². The molecule has 1 aromatic rings. The third kappa shape index (κ3) is 4.73. The van der Waals surface area contributed by atoms with Crippen LogP contribution in [-0.2, 0) is 0 Å². The van der Waals surface area contributed by atoms with Gasteiger partial charge in [0.1, 0.15) is 11.6 Å². The Morgan fingerprint density at radius 1 is 1.20 bits per heavy atom. The van der Waals surface area contributed by atoms with Gasteiger partial charge in [-0.15, -0.1) is 0 Å². The maximum atomic E-state index is 13.0. The quantitative estimate of drug-likeness (QED) is 0.660. The summed E-state index contributed by atoms with van der Waals surface area (Å²) in [4.78, 5) is 0. The van der Waals surface area contributed by atoms with E-state index in [1.54, 1.807) is 0 Å². The number of allylic oxidation sites excluding steroid dienone is 1. The summed E-state index contributed by atoms with van der Waals surface area (Å²) < 4.78 is 25.4. The molecule has 0 radical (unpaired) electrons. The van der Waals surface area contributed by atoms with E-state index in [0.717, 1.165) is 6.07 Å². The first kappa shape index (κ1) is 13.8. The van der Waals surface area contributed by atoms with Gasteiger partial charge in [-0.3, -0.25) is 0 Å². The Morgan fingerprint density at radius 3 is 2.13 bits per heavy atom. The summed E-state index contributed by atoms with van der Waals surface area (Å²) in [5.74, 6) is -1.10. The van der Waals surface area contributed by atoms with E-state index in [1.807, 2.05) is 6.92 Å². The molecule has 0 nitrogen and oxygen atoms in total. The molecule has 0 bridgehead atoms. The molecule has 0 spiro atoms. The fraction of sp³-hybridized carbons (Fsp3) is 0.385. The van der Waals surface area contributed by atoms with Gasteiger partial charge in [-0.2, -0.15) is 0 Å². The Kier molecular flexibility index (Phi) is 6.59. The first-order chi connectivity index (χ1) is 7.06. The van der Waals surface area contributed by atoms with Crippen LogP contribution in [0.25, 0.3) is 5.57 Å². The summed E-state index contributed by atoms with van der Waals surface area (Å²) in [5, 5.41) is 0. The second-order valence-electron chi connectivity index (χ2n) is 3.29. The SMILES string of the molecule is C=C(CC)c1ccc(F)cc1F.CCC. The minimum atomic E-state index is -0.555. The van der Waals surface area contributed by atoms with Crippen molar-refractivity contribution in [1.29, 1.82) is 0 Å². The predicted octanol–water partition coefficient (Wildman–Crippen LogP) is 4.80. The zero-order valence-corrected chi connectivity index (χ0v) is 9.61. The molecule has 0 aliphatic heterocycles. The van der Waals surface area contributed by atoms with Crippen LogP contribution in [0.5, 0.6) is 0 Å². The van der Waals surface area contributed by atoms with Crippen LogP contribution in [0.3, 0.4) is 0 Å². The Balaban J connectivity index is 0.000000583. The molecule has 1 rings (SSSR count). The second-order valence-corrected chi connectivity index (χ2v) is 3.29. The highest BCUT2D eigenvalue weighted by atomic mass is 19.1. The maximum Gasteiger partial charge on any atom is 0.133 e. The van der Waals surface area contributed by atoms with Gasteiger partial charge in [0.2, 0.25) is 0 Å². The molecule has 0 saturated carbocycles. The van der Waals surface area contributed by atoms with E-state index in [1.165, 1.54) is 18.6 Å². The zero-order valence-electron chi connectivity index (χ0n) is 9.61. The lowest BCUT2D eigenvalue weighted by Crippen LogP contribution is -1.88. The van der Waals surface area contributed by atoms with E-state index in [0.29, 0.717) is 17.6 Å². The molecule has 0 amide bonds. The summed E-state index contributed by atoms with van der Waals surface area (Å²) in [6, 6.07) is 3.52. The number of rotatable bonds is 2. The minimum absolute atomic E-state index is 0.402. The summed E-state index contributed by atoms with van der Waals surface area (Å²) in [6.07, 6.45) is 1.92. The number of benzene rings is 1. The van der Waals surface area contributed by atoms with E-state index in [2.05, 4.69) is 20.4 Å². The van der Waals surface area contributed by atoms with Gasteiger partial charge in [-0.1, -0.05) is 33.8 Å². The van der Waals surface area contributed by atoms with E-state index in [9.17, 15) is 8.78 Å². The van der Waals surface area contributed by atoms with Crippen LogP contribution in [0.1, 0.15) is 39.2 Å². The predicted molar refractivity (Wildman–Crippen MR) is 61.6 cm³/mol. The van der Waals surface area contributed by atoms with Gasteiger partial charge in [0, 0.05) is 11.6 Å². The topological polar surface area (TPSA) is 0 Å². The first-order valence-corrected chi connectivity index (χ1v) is 5.19. The van der Waals surface area contributed by atoms with E-state index < -0.39 is 11.6 Å². The van der Waals surface area contributed by atoms with Crippen LogP contribution in [-0.4, -0.2) is 0 Å². The normalized spacial score (nSPS) is 9.13. The van der Waals surface area contributed by atoms with Gasteiger partial charge in [0.05, 0.1) is 0 Å². The molecule has 0 atom stereocenters. The van der Waals surface area contributed by atoms with Crippen molar-refractivity contribution in [3.8, 4) is 0 Å². The summed E-state index contributed by atoms with van der Waals surface area (Å²) in [7, 11) is 0. The maximum absolute atomic E-state index is 13.0. The average molecular weight is 212 g/mol. The summed E-state index contributed by atoms with van der Waals surface area (Å²) >= 11 is 0. The molecule has 0 N–H and O–H groups in total. The van der Waals surface area contributed by atoms with Crippen molar-refractivity contribution in [2.75, 3.05) is 0 Å². The average Bonchev–Trinajstić information content (AvgIpc) is 2.18. The van der Waals surface area contributed by atoms with E-state index in [-0.39, 0.29) is 0 Å². The van der Waals surface area contributed by atoms with Crippen LogP contribution >= 0.6 is 0 Å². The Hall–Kier alpha value is -1.18. The monoisotopic (exact) mass is 212 g/mol. The lowest BCUT2D eigenvalue weighted by Gasteiger charge is -2.03. The molecule has 0 aliphatic rings. The van der Waals surface area contributed by atoms with Crippen molar-refractivity contribution in [1.82, 2.24) is 0 Å². The highest BCUT2D eigenvalue weighted by Crippen LogP contribution is 2.19. The first-order valence-electron chi connectivity index (χ1n) is 5.19. The smallest absolute Gasteiger partial charge is 0.133 e. The van der Waals surface area contributed by atoms with E-state index >= 15 is 0 Å². The Bertz CT molecular complexity index is 316. The molecule has 2 heteroatoms. The lowest BCUT2D eigenvalue weighted by molar-refractivity contribution is 0.580. The molecule has 0 heterocycles. The second kappa shape index (κ2) is 7.16. The van der Waals surface area contributed by atoms with Crippen LogP contribution in [0.2, 0.25) is 0 Å². The third-order valence-electron chi connectivity index (χ3n) is 1.74. The minimum Gasteiger partial charge on any atom is -0.207 e. The van der Waals surface area contributed by atoms with Crippen molar-refractivity contribution >= 4 is 5.57 Å². The largest absolute Gasteiger partial charge is 0.207 e. The van der Waals surface area contributed by atoms with Gasteiger partial charge >= 0.3 is 0 Å². The summed E-state index contributed by atoms with van der Waals surface area (Å²) in [5.41, 5.74) is 1.09. The molecule has 0 fully saturated rings. The number of hydrogen-bond acceptors (Lipinski definition) is 0. The third-order valence-corrected chi connectivity index (χ3v) is 1.74. The standard InChI is InChI=1S/C10H10F2.C3H8/c1-3-7(2)9-5-4-8(11)6-10(9)12;1-3-2/h4-6H,2-3H2,1H3;3H2,1-2H3. The van der Waals surface area contributed by atoms with E-state index in [4.69, 9.17) is 0 Å². The fourth-order valence-corrected chi connectivity index (χ4v) is 0.967. The van der Waals surface area contributed by atoms with Gasteiger partial charge in [0.25, 0.3) is 0 Å². The van der Waals surface area contributed by atoms with Gasteiger partial charge in [-0.05, 0) is 24.1 Å². The highest BCUT2D eigenvalue weighted by Gasteiger charge is 2.04. The van der Waals surface area contributed by atoms with Gasteiger partial charge in [0.15, 0.2) is 0 Å². The lowest BCUT2D eigenvalue weighted by atomic mass is 10.1. The molecule has 84 valence electrons. The molecule has 0 aliphatic carbocycles. The number of hydrogen-bond donors (Lipinski definition) is 0.